The van der Waals surface area contributed by atoms with Gasteiger partial charge >= 0.3 is 0 Å². The Kier molecular flexibility index (Phi) is 4.44. The van der Waals surface area contributed by atoms with Crippen molar-refractivity contribution in [2.45, 2.75) is 19.4 Å². The van der Waals surface area contributed by atoms with Gasteiger partial charge in [-0.05, 0) is 31.0 Å². The van der Waals surface area contributed by atoms with Crippen LogP contribution >= 0.6 is 0 Å². The Hall–Kier alpha value is -1.26. The maximum Gasteiger partial charge on any atom is 0.121 e. The number of anilines is 1. The largest absolute Gasteiger partial charge is 0.491 e. The molecule has 2 unspecified atom stereocenters. The molecule has 0 aliphatic carbocycles. The van der Waals surface area contributed by atoms with Crippen LogP contribution in [0.4, 0.5) is 5.69 Å². The molecule has 2 atom stereocenters. The van der Waals surface area contributed by atoms with E-state index >= 15 is 0 Å². The number of aliphatic hydroxyl groups excluding tert-OH is 1. The fourth-order valence-electron chi connectivity index (χ4n) is 2.34. The van der Waals surface area contributed by atoms with E-state index in [0.29, 0.717) is 24.6 Å². The van der Waals surface area contributed by atoms with Gasteiger partial charge in [0.05, 0.1) is 0 Å². The van der Waals surface area contributed by atoms with Crippen molar-refractivity contribution in [2.24, 2.45) is 5.92 Å². The second kappa shape index (κ2) is 6.07. The molecular weight excluding hydrogens is 228 g/mol. The van der Waals surface area contributed by atoms with Crippen LogP contribution in [0.1, 0.15) is 13.3 Å². The van der Waals surface area contributed by atoms with Gasteiger partial charge in [-0.25, -0.2) is 0 Å². The molecule has 1 aliphatic rings. The summed E-state index contributed by atoms with van der Waals surface area (Å²) in [4.78, 5) is 2.29. The highest BCUT2D eigenvalue weighted by Crippen LogP contribution is 2.16. The molecule has 0 saturated carbocycles. The van der Waals surface area contributed by atoms with E-state index in [1.807, 2.05) is 18.2 Å². The predicted octanol–water partition coefficient (Wildman–Crippen LogP) is 1.35. The van der Waals surface area contributed by atoms with E-state index < -0.39 is 6.10 Å². The van der Waals surface area contributed by atoms with Crippen molar-refractivity contribution < 1.29 is 9.84 Å². The first-order chi connectivity index (χ1) is 8.63. The average Bonchev–Trinajstić information content (AvgIpc) is 2.72. The van der Waals surface area contributed by atoms with E-state index in [1.165, 1.54) is 6.42 Å². The maximum absolute atomic E-state index is 9.93. The van der Waals surface area contributed by atoms with Gasteiger partial charge in [0, 0.05) is 24.8 Å². The average molecular weight is 250 g/mol. The number of nitrogen functional groups attached to an aromatic ring is 1. The number of hydrogen-bond donors (Lipinski definition) is 2. The number of aliphatic hydroxyl groups is 1. The van der Waals surface area contributed by atoms with Crippen molar-refractivity contribution in [3.8, 4) is 5.75 Å². The Morgan fingerprint density at radius 3 is 3.06 bits per heavy atom. The third-order valence-corrected chi connectivity index (χ3v) is 3.28. The Morgan fingerprint density at radius 2 is 2.39 bits per heavy atom. The molecule has 1 saturated heterocycles. The first-order valence-electron chi connectivity index (χ1n) is 6.52. The summed E-state index contributed by atoms with van der Waals surface area (Å²) in [6.07, 6.45) is 0.778. The van der Waals surface area contributed by atoms with Gasteiger partial charge in [0.25, 0.3) is 0 Å². The summed E-state index contributed by atoms with van der Waals surface area (Å²) in [5, 5.41) is 9.93. The maximum atomic E-state index is 9.93. The van der Waals surface area contributed by atoms with Crippen LogP contribution in [0.3, 0.4) is 0 Å². The van der Waals surface area contributed by atoms with Crippen molar-refractivity contribution in [1.82, 2.24) is 4.90 Å². The summed E-state index contributed by atoms with van der Waals surface area (Å²) in [5.41, 5.74) is 6.34. The number of ether oxygens (including phenoxy) is 1. The molecule has 0 aromatic heterocycles. The Balaban J connectivity index is 1.73. The highest BCUT2D eigenvalue weighted by molar-refractivity contribution is 5.43. The van der Waals surface area contributed by atoms with E-state index in [9.17, 15) is 5.11 Å². The lowest BCUT2D eigenvalue weighted by atomic mass is 10.2. The molecule has 0 spiro atoms. The quantitative estimate of drug-likeness (QED) is 0.775. The van der Waals surface area contributed by atoms with Crippen LogP contribution in [0.2, 0.25) is 0 Å². The van der Waals surface area contributed by atoms with Crippen LogP contribution < -0.4 is 10.5 Å². The second-order valence-electron chi connectivity index (χ2n) is 5.19. The SMILES string of the molecule is CC1CCN(CC(O)COc2cccc(N)c2)C1. The normalized spacial score (nSPS) is 22.0. The molecule has 18 heavy (non-hydrogen) atoms. The van der Waals surface area contributed by atoms with Gasteiger partial charge in [-0.1, -0.05) is 13.0 Å². The van der Waals surface area contributed by atoms with E-state index in [2.05, 4.69) is 11.8 Å². The summed E-state index contributed by atoms with van der Waals surface area (Å²) in [6.45, 7) is 5.41. The van der Waals surface area contributed by atoms with Crippen LogP contribution in [0.25, 0.3) is 0 Å². The molecule has 1 aliphatic heterocycles. The third kappa shape index (κ3) is 3.89. The molecule has 1 aromatic rings. The van der Waals surface area contributed by atoms with Crippen molar-refractivity contribution in [3.63, 3.8) is 0 Å². The minimum absolute atomic E-state index is 0.314. The topological polar surface area (TPSA) is 58.7 Å². The number of nitrogens with two attached hydrogens (primary N) is 1. The first-order valence-corrected chi connectivity index (χ1v) is 6.52. The second-order valence-corrected chi connectivity index (χ2v) is 5.19. The standard InChI is InChI=1S/C14H22N2O2/c1-11-5-6-16(8-11)9-13(17)10-18-14-4-2-3-12(15)7-14/h2-4,7,11,13,17H,5-6,8-10,15H2,1H3. The van der Waals surface area contributed by atoms with E-state index in [0.717, 1.165) is 19.0 Å². The molecule has 2 rings (SSSR count). The van der Waals surface area contributed by atoms with Crippen molar-refractivity contribution in [1.29, 1.82) is 0 Å². The summed E-state index contributed by atoms with van der Waals surface area (Å²) in [6, 6.07) is 7.28. The van der Waals surface area contributed by atoms with E-state index in [-0.39, 0.29) is 0 Å². The van der Waals surface area contributed by atoms with Crippen LogP contribution in [-0.4, -0.2) is 42.4 Å². The number of nitrogens with zero attached hydrogens (tertiary/aromatic N) is 1. The fraction of sp³-hybridized carbons (Fsp3) is 0.571. The van der Waals surface area contributed by atoms with E-state index in [4.69, 9.17) is 10.5 Å². The van der Waals surface area contributed by atoms with Crippen molar-refractivity contribution >= 4 is 5.69 Å². The van der Waals surface area contributed by atoms with Crippen molar-refractivity contribution in [2.75, 3.05) is 32.0 Å². The van der Waals surface area contributed by atoms with Gasteiger partial charge in [-0.2, -0.15) is 0 Å². The van der Waals surface area contributed by atoms with Gasteiger partial charge < -0.3 is 20.5 Å². The summed E-state index contributed by atoms with van der Waals surface area (Å²) < 4.78 is 5.53. The van der Waals surface area contributed by atoms with Crippen LogP contribution in [0.15, 0.2) is 24.3 Å². The zero-order valence-corrected chi connectivity index (χ0v) is 10.9. The molecule has 1 aromatic carbocycles. The lowest BCUT2D eigenvalue weighted by molar-refractivity contribution is 0.0749. The first kappa shape index (κ1) is 13.2. The Morgan fingerprint density at radius 1 is 1.56 bits per heavy atom. The summed E-state index contributed by atoms with van der Waals surface area (Å²) >= 11 is 0. The molecule has 1 fully saturated rings. The third-order valence-electron chi connectivity index (χ3n) is 3.28. The van der Waals surface area contributed by atoms with Gasteiger partial charge in [0.1, 0.15) is 18.5 Å². The monoisotopic (exact) mass is 250 g/mol. The number of hydrogen-bond acceptors (Lipinski definition) is 4. The Labute approximate surface area is 108 Å². The highest BCUT2D eigenvalue weighted by Gasteiger charge is 2.20. The van der Waals surface area contributed by atoms with Gasteiger partial charge in [-0.3, -0.25) is 0 Å². The van der Waals surface area contributed by atoms with Crippen LogP contribution in [0, 0.1) is 5.92 Å². The molecular formula is C14H22N2O2. The molecule has 4 heteroatoms. The van der Waals surface area contributed by atoms with Crippen LogP contribution in [-0.2, 0) is 0 Å². The molecule has 100 valence electrons. The zero-order chi connectivity index (χ0) is 13.0. The molecule has 0 amide bonds. The van der Waals surface area contributed by atoms with Gasteiger partial charge in [-0.15, -0.1) is 0 Å². The minimum Gasteiger partial charge on any atom is -0.491 e. The van der Waals surface area contributed by atoms with E-state index in [1.54, 1.807) is 6.07 Å². The summed E-state index contributed by atoms with van der Waals surface area (Å²) in [5.74, 6) is 1.45. The van der Waals surface area contributed by atoms with Crippen molar-refractivity contribution in [3.05, 3.63) is 24.3 Å². The fourth-order valence-corrected chi connectivity index (χ4v) is 2.34. The highest BCUT2D eigenvalue weighted by atomic mass is 16.5. The molecule has 4 nitrogen and oxygen atoms in total. The number of benzene rings is 1. The summed E-state index contributed by atoms with van der Waals surface area (Å²) in [7, 11) is 0. The van der Waals surface area contributed by atoms with Gasteiger partial charge in [0.2, 0.25) is 0 Å². The minimum atomic E-state index is -0.447. The smallest absolute Gasteiger partial charge is 0.121 e. The lowest BCUT2D eigenvalue weighted by Crippen LogP contribution is -2.34. The Bertz CT molecular complexity index is 384. The zero-order valence-electron chi connectivity index (χ0n) is 10.9. The number of likely N-dealkylation sites (tertiary alicyclic amines) is 1. The lowest BCUT2D eigenvalue weighted by Gasteiger charge is -2.20. The number of β-amino-alcohol motifs (C(OH)–C–C–N with tert-alkyl or cyclic N) is 1. The van der Waals surface area contributed by atoms with Crippen LogP contribution in [0.5, 0.6) is 5.75 Å². The number of rotatable bonds is 5. The molecule has 1 heterocycles. The molecule has 3 N–H and O–H groups in total. The molecule has 0 bridgehead atoms. The van der Waals surface area contributed by atoms with Gasteiger partial charge in [0.15, 0.2) is 0 Å². The molecule has 0 radical (unpaired) electrons. The predicted molar refractivity (Wildman–Crippen MR) is 72.6 cm³/mol.